The molecule has 2 rings (SSSR count). The largest absolute Gasteiger partial charge is 0.390 e. The summed E-state index contributed by atoms with van der Waals surface area (Å²) in [5, 5.41) is 10.6. The molecule has 2 nitrogen and oxygen atoms in total. The minimum atomic E-state index is -0.386. The van der Waals surface area contributed by atoms with Crippen LogP contribution in [0.4, 0.5) is 0 Å². The Morgan fingerprint density at radius 3 is 2.10 bits per heavy atom. The Balaban J connectivity index is 1.76. The van der Waals surface area contributed by atoms with Gasteiger partial charge in [-0.2, -0.15) is 0 Å². The van der Waals surface area contributed by atoms with Crippen LogP contribution in [-0.2, 0) is 12.8 Å². The molecule has 1 N–H and O–H groups in total. The summed E-state index contributed by atoms with van der Waals surface area (Å²) in [4.78, 5) is 2.24. The molecule has 1 aromatic rings. The van der Waals surface area contributed by atoms with Crippen LogP contribution in [-0.4, -0.2) is 36.2 Å². The van der Waals surface area contributed by atoms with E-state index in [1.54, 1.807) is 0 Å². The van der Waals surface area contributed by atoms with Crippen LogP contribution >= 0.6 is 0 Å². The van der Waals surface area contributed by atoms with Gasteiger partial charge in [0.15, 0.2) is 0 Å². The molecular formula is C19H31NO. The van der Waals surface area contributed by atoms with Gasteiger partial charge in [-0.05, 0) is 70.3 Å². The van der Waals surface area contributed by atoms with Crippen LogP contribution in [0.1, 0.15) is 56.1 Å². The quantitative estimate of drug-likeness (QED) is 0.825. The number of rotatable bonds is 7. The van der Waals surface area contributed by atoms with Crippen molar-refractivity contribution in [3.63, 3.8) is 0 Å². The number of hydrogen-bond donors (Lipinski definition) is 1. The Hall–Kier alpha value is -0.860. The zero-order valence-corrected chi connectivity index (χ0v) is 13.8. The third-order valence-electron chi connectivity index (χ3n) is 4.76. The normalized spacial score (nSPS) is 18.1. The number of aliphatic hydroxyl groups is 1. The molecule has 1 fully saturated rings. The highest BCUT2D eigenvalue weighted by Crippen LogP contribution is 2.31. The van der Waals surface area contributed by atoms with E-state index in [9.17, 15) is 5.11 Å². The standard InChI is InChI=1S/C19H31NO/c1-20(2)16-6-7-17-8-10-18(11-9-17)12-15-19(21)13-4-3-5-14-19/h8-11,21H,3-7,12-16H2,1-2H3. The van der Waals surface area contributed by atoms with Crippen LogP contribution in [0.5, 0.6) is 0 Å². The molecule has 0 heterocycles. The lowest BCUT2D eigenvalue weighted by Gasteiger charge is -2.32. The third kappa shape index (κ3) is 5.80. The summed E-state index contributed by atoms with van der Waals surface area (Å²) in [5.74, 6) is 0. The minimum Gasteiger partial charge on any atom is -0.390 e. The molecule has 0 bridgehead atoms. The minimum absolute atomic E-state index is 0.386. The molecule has 0 atom stereocenters. The van der Waals surface area contributed by atoms with Gasteiger partial charge in [0.2, 0.25) is 0 Å². The van der Waals surface area contributed by atoms with Crippen molar-refractivity contribution in [2.45, 2.75) is 63.4 Å². The van der Waals surface area contributed by atoms with Crippen molar-refractivity contribution >= 4 is 0 Å². The maximum absolute atomic E-state index is 10.6. The summed E-state index contributed by atoms with van der Waals surface area (Å²) in [6.45, 7) is 1.15. The summed E-state index contributed by atoms with van der Waals surface area (Å²) in [6, 6.07) is 9.01. The lowest BCUT2D eigenvalue weighted by molar-refractivity contribution is -0.00341. The van der Waals surface area contributed by atoms with Gasteiger partial charge in [-0.3, -0.25) is 0 Å². The van der Waals surface area contributed by atoms with E-state index >= 15 is 0 Å². The molecule has 1 aliphatic carbocycles. The Morgan fingerprint density at radius 1 is 0.952 bits per heavy atom. The first-order valence-electron chi connectivity index (χ1n) is 8.52. The van der Waals surface area contributed by atoms with Crippen LogP contribution in [0, 0.1) is 0 Å². The average Bonchev–Trinajstić information content (AvgIpc) is 2.47. The van der Waals surface area contributed by atoms with Gasteiger partial charge in [0.05, 0.1) is 5.60 Å². The zero-order chi connectivity index (χ0) is 15.1. The maximum atomic E-state index is 10.6. The highest BCUT2D eigenvalue weighted by Gasteiger charge is 2.28. The first-order valence-corrected chi connectivity index (χ1v) is 8.52. The molecule has 0 saturated heterocycles. The lowest BCUT2D eigenvalue weighted by Crippen LogP contribution is -2.31. The Labute approximate surface area is 130 Å². The van der Waals surface area contributed by atoms with Crippen LogP contribution in [0.15, 0.2) is 24.3 Å². The van der Waals surface area contributed by atoms with Crippen molar-refractivity contribution in [3.8, 4) is 0 Å². The number of hydrogen-bond acceptors (Lipinski definition) is 2. The fraction of sp³-hybridized carbons (Fsp3) is 0.684. The molecular weight excluding hydrogens is 258 g/mol. The predicted octanol–water partition coefficient (Wildman–Crippen LogP) is 3.81. The molecule has 1 aliphatic rings. The average molecular weight is 289 g/mol. The van der Waals surface area contributed by atoms with Crippen molar-refractivity contribution in [1.29, 1.82) is 0 Å². The number of nitrogens with zero attached hydrogens (tertiary/aromatic N) is 1. The van der Waals surface area contributed by atoms with Gasteiger partial charge in [0, 0.05) is 0 Å². The first kappa shape index (κ1) is 16.5. The molecule has 2 heteroatoms. The summed E-state index contributed by atoms with van der Waals surface area (Å²) in [6.07, 6.45) is 9.98. The molecule has 1 aromatic carbocycles. The van der Waals surface area contributed by atoms with Crippen LogP contribution in [0.2, 0.25) is 0 Å². The lowest BCUT2D eigenvalue weighted by atomic mass is 9.81. The molecule has 0 amide bonds. The van der Waals surface area contributed by atoms with E-state index < -0.39 is 0 Å². The molecule has 0 aliphatic heterocycles. The Kier molecular flexibility index (Phi) is 6.25. The molecule has 0 unspecified atom stereocenters. The summed E-state index contributed by atoms with van der Waals surface area (Å²) >= 11 is 0. The van der Waals surface area contributed by atoms with Gasteiger partial charge in [-0.1, -0.05) is 43.5 Å². The van der Waals surface area contributed by atoms with Crippen LogP contribution < -0.4 is 0 Å². The second-order valence-electron chi connectivity index (χ2n) is 7.01. The summed E-state index contributed by atoms with van der Waals surface area (Å²) in [5.41, 5.74) is 2.41. The van der Waals surface area contributed by atoms with Gasteiger partial charge < -0.3 is 10.0 Å². The number of benzene rings is 1. The van der Waals surface area contributed by atoms with E-state index in [0.29, 0.717) is 0 Å². The second-order valence-corrected chi connectivity index (χ2v) is 7.01. The molecule has 0 radical (unpaired) electrons. The van der Waals surface area contributed by atoms with Crippen LogP contribution in [0.3, 0.4) is 0 Å². The van der Waals surface area contributed by atoms with Crippen molar-refractivity contribution in [1.82, 2.24) is 4.90 Å². The highest BCUT2D eigenvalue weighted by atomic mass is 16.3. The van der Waals surface area contributed by atoms with Crippen molar-refractivity contribution in [2.75, 3.05) is 20.6 Å². The van der Waals surface area contributed by atoms with Gasteiger partial charge in [-0.25, -0.2) is 0 Å². The molecule has 0 spiro atoms. The van der Waals surface area contributed by atoms with Gasteiger partial charge in [-0.15, -0.1) is 0 Å². The van der Waals surface area contributed by atoms with Gasteiger partial charge >= 0.3 is 0 Å². The van der Waals surface area contributed by atoms with E-state index in [-0.39, 0.29) is 5.60 Å². The van der Waals surface area contributed by atoms with E-state index in [4.69, 9.17) is 0 Å². The van der Waals surface area contributed by atoms with Gasteiger partial charge in [0.1, 0.15) is 0 Å². The molecule has 1 saturated carbocycles. The van der Waals surface area contributed by atoms with Crippen molar-refractivity contribution in [2.24, 2.45) is 0 Å². The topological polar surface area (TPSA) is 23.5 Å². The maximum Gasteiger partial charge on any atom is 0.0651 e. The summed E-state index contributed by atoms with van der Waals surface area (Å²) < 4.78 is 0. The Morgan fingerprint density at radius 2 is 1.52 bits per heavy atom. The van der Waals surface area contributed by atoms with Crippen LogP contribution in [0.25, 0.3) is 0 Å². The predicted molar refractivity (Wildman–Crippen MR) is 89.7 cm³/mol. The smallest absolute Gasteiger partial charge is 0.0651 e. The van der Waals surface area contributed by atoms with Crippen molar-refractivity contribution in [3.05, 3.63) is 35.4 Å². The number of aryl methyl sites for hydroxylation is 2. The third-order valence-corrected chi connectivity index (χ3v) is 4.76. The fourth-order valence-electron chi connectivity index (χ4n) is 3.31. The fourth-order valence-corrected chi connectivity index (χ4v) is 3.31. The first-order chi connectivity index (χ1) is 10.1. The van der Waals surface area contributed by atoms with Gasteiger partial charge in [0.25, 0.3) is 0 Å². The molecule has 118 valence electrons. The van der Waals surface area contributed by atoms with E-state index in [1.807, 2.05) is 0 Å². The molecule has 0 aromatic heterocycles. The SMILES string of the molecule is CN(C)CCCc1ccc(CCC2(O)CCCCC2)cc1. The van der Waals surface area contributed by atoms with E-state index in [1.165, 1.54) is 36.8 Å². The zero-order valence-electron chi connectivity index (χ0n) is 13.8. The monoisotopic (exact) mass is 289 g/mol. The van der Waals surface area contributed by atoms with Crippen molar-refractivity contribution < 1.29 is 5.11 Å². The van der Waals surface area contributed by atoms with E-state index in [0.717, 1.165) is 38.6 Å². The second kappa shape index (κ2) is 7.95. The summed E-state index contributed by atoms with van der Waals surface area (Å²) in [7, 11) is 4.25. The van der Waals surface area contributed by atoms with E-state index in [2.05, 4.69) is 43.3 Å². The highest BCUT2D eigenvalue weighted by molar-refractivity contribution is 5.23. The molecule has 21 heavy (non-hydrogen) atoms. The Bertz CT molecular complexity index is 404.